The van der Waals surface area contributed by atoms with Crippen LogP contribution < -0.4 is 0 Å². The molecular weight excluding hydrogens is 368 g/mol. The van der Waals surface area contributed by atoms with Crippen LogP contribution in [0.15, 0.2) is 52.4 Å². The number of piperazine rings is 1. The summed E-state index contributed by atoms with van der Waals surface area (Å²) >= 11 is 3.67. The quantitative estimate of drug-likeness (QED) is 0.791. The second-order valence-electron chi connectivity index (χ2n) is 6.53. The highest BCUT2D eigenvalue weighted by atomic mass is 79.9. The van der Waals surface area contributed by atoms with E-state index in [0.717, 1.165) is 50.7 Å². The van der Waals surface area contributed by atoms with Crippen LogP contribution >= 0.6 is 15.9 Å². The molecule has 0 radical (unpaired) electrons. The molecule has 1 aromatic rings. The van der Waals surface area contributed by atoms with Crippen molar-refractivity contribution in [2.24, 2.45) is 0 Å². The van der Waals surface area contributed by atoms with Gasteiger partial charge < -0.3 is 9.47 Å². The number of allylic oxidation sites excluding steroid dienone is 1. The van der Waals surface area contributed by atoms with Crippen molar-refractivity contribution in [3.63, 3.8) is 0 Å². The zero-order chi connectivity index (χ0) is 16.4. The SMILES string of the molecule is BrC1=CC2=C(OCCO2)C(N2CCN(Cc3ccccc3)CC2)C1. The second kappa shape index (κ2) is 7.30. The molecule has 1 atom stereocenters. The molecule has 1 unspecified atom stereocenters. The Morgan fingerprint density at radius 1 is 1.00 bits per heavy atom. The fraction of sp³-hybridized carbons (Fsp3) is 0.474. The lowest BCUT2D eigenvalue weighted by Crippen LogP contribution is -2.51. The van der Waals surface area contributed by atoms with E-state index in [1.165, 1.54) is 10.0 Å². The van der Waals surface area contributed by atoms with Gasteiger partial charge in [-0.05, 0) is 11.6 Å². The second-order valence-corrected chi connectivity index (χ2v) is 7.55. The number of rotatable bonds is 3. The lowest BCUT2D eigenvalue weighted by Gasteiger charge is -2.41. The minimum Gasteiger partial charge on any atom is -0.489 e. The fourth-order valence-electron chi connectivity index (χ4n) is 3.67. The van der Waals surface area contributed by atoms with Gasteiger partial charge in [0.25, 0.3) is 0 Å². The molecule has 1 fully saturated rings. The highest BCUT2D eigenvalue weighted by Gasteiger charge is 2.34. The first kappa shape index (κ1) is 16.2. The summed E-state index contributed by atoms with van der Waals surface area (Å²) in [6.45, 7) is 6.67. The van der Waals surface area contributed by atoms with Crippen LogP contribution in [0.1, 0.15) is 12.0 Å². The van der Waals surface area contributed by atoms with Gasteiger partial charge in [0.1, 0.15) is 13.2 Å². The van der Waals surface area contributed by atoms with Crippen molar-refractivity contribution in [2.45, 2.75) is 19.0 Å². The van der Waals surface area contributed by atoms with E-state index >= 15 is 0 Å². The number of ether oxygens (including phenoxy) is 2. The van der Waals surface area contributed by atoms with E-state index in [1.807, 2.05) is 0 Å². The van der Waals surface area contributed by atoms with Gasteiger partial charge in [0.15, 0.2) is 11.5 Å². The van der Waals surface area contributed by atoms with Crippen LogP contribution in [0.2, 0.25) is 0 Å². The van der Waals surface area contributed by atoms with E-state index in [0.29, 0.717) is 19.3 Å². The van der Waals surface area contributed by atoms with Gasteiger partial charge in [-0.3, -0.25) is 9.80 Å². The Hall–Kier alpha value is -1.30. The smallest absolute Gasteiger partial charge is 0.159 e. The van der Waals surface area contributed by atoms with Crippen LogP contribution in [0, 0.1) is 0 Å². The monoisotopic (exact) mass is 390 g/mol. The Bertz CT molecular complexity index is 636. The third-order valence-electron chi connectivity index (χ3n) is 4.92. The Morgan fingerprint density at radius 2 is 1.75 bits per heavy atom. The molecular formula is C19H23BrN2O2. The average Bonchev–Trinajstić information content (AvgIpc) is 2.62. The van der Waals surface area contributed by atoms with Gasteiger partial charge in [-0.25, -0.2) is 0 Å². The Labute approximate surface area is 151 Å². The molecule has 0 amide bonds. The molecule has 0 saturated carbocycles. The Kier molecular flexibility index (Phi) is 4.92. The van der Waals surface area contributed by atoms with Crippen LogP contribution in [0.25, 0.3) is 0 Å². The van der Waals surface area contributed by atoms with Crippen LogP contribution in [-0.2, 0) is 16.0 Å². The Morgan fingerprint density at radius 3 is 2.54 bits per heavy atom. The molecule has 24 heavy (non-hydrogen) atoms. The van der Waals surface area contributed by atoms with Gasteiger partial charge in [-0.15, -0.1) is 0 Å². The normalized spacial score (nSPS) is 25.5. The molecule has 2 heterocycles. The summed E-state index contributed by atoms with van der Waals surface area (Å²) in [6, 6.07) is 11.0. The molecule has 128 valence electrons. The molecule has 1 aliphatic carbocycles. The number of nitrogens with zero attached hydrogens (tertiary/aromatic N) is 2. The van der Waals surface area contributed by atoms with Crippen molar-refractivity contribution in [1.82, 2.24) is 9.80 Å². The van der Waals surface area contributed by atoms with E-state index < -0.39 is 0 Å². The zero-order valence-electron chi connectivity index (χ0n) is 13.8. The number of benzene rings is 1. The minimum atomic E-state index is 0.304. The fourth-order valence-corrected chi connectivity index (χ4v) is 4.18. The van der Waals surface area contributed by atoms with E-state index in [-0.39, 0.29) is 0 Å². The lowest BCUT2D eigenvalue weighted by atomic mass is 10.0. The van der Waals surface area contributed by atoms with Crippen LogP contribution in [0.5, 0.6) is 0 Å². The van der Waals surface area contributed by atoms with Gasteiger partial charge >= 0.3 is 0 Å². The highest BCUT2D eigenvalue weighted by molar-refractivity contribution is 9.11. The molecule has 0 N–H and O–H groups in total. The van der Waals surface area contributed by atoms with E-state index in [9.17, 15) is 0 Å². The number of halogens is 1. The molecule has 4 rings (SSSR count). The van der Waals surface area contributed by atoms with Gasteiger partial charge in [0.05, 0.1) is 6.04 Å². The summed E-state index contributed by atoms with van der Waals surface area (Å²) in [7, 11) is 0. The van der Waals surface area contributed by atoms with E-state index in [2.05, 4.69) is 62.1 Å². The van der Waals surface area contributed by atoms with Gasteiger partial charge in [0, 0.05) is 43.6 Å². The highest BCUT2D eigenvalue weighted by Crippen LogP contribution is 2.34. The zero-order valence-corrected chi connectivity index (χ0v) is 15.4. The Balaban J connectivity index is 1.39. The van der Waals surface area contributed by atoms with Crippen LogP contribution in [0.3, 0.4) is 0 Å². The first-order valence-corrected chi connectivity index (χ1v) is 9.45. The summed E-state index contributed by atoms with van der Waals surface area (Å²) in [5.41, 5.74) is 1.39. The summed E-state index contributed by atoms with van der Waals surface area (Å²) in [5.74, 6) is 1.94. The van der Waals surface area contributed by atoms with Crippen molar-refractivity contribution in [3.8, 4) is 0 Å². The molecule has 3 aliphatic rings. The lowest BCUT2D eigenvalue weighted by molar-refractivity contribution is 0.0200. The third kappa shape index (κ3) is 3.53. The number of hydrogen-bond donors (Lipinski definition) is 0. The topological polar surface area (TPSA) is 24.9 Å². The predicted molar refractivity (Wildman–Crippen MR) is 97.6 cm³/mol. The molecule has 1 saturated heterocycles. The van der Waals surface area contributed by atoms with Crippen molar-refractivity contribution in [3.05, 3.63) is 58.0 Å². The van der Waals surface area contributed by atoms with Crippen molar-refractivity contribution >= 4 is 15.9 Å². The molecule has 0 spiro atoms. The predicted octanol–water partition coefficient (Wildman–Crippen LogP) is 3.11. The summed E-state index contributed by atoms with van der Waals surface area (Å²) in [4.78, 5) is 5.08. The third-order valence-corrected chi connectivity index (χ3v) is 5.47. The maximum absolute atomic E-state index is 5.95. The van der Waals surface area contributed by atoms with Crippen molar-refractivity contribution in [1.29, 1.82) is 0 Å². The van der Waals surface area contributed by atoms with Crippen LogP contribution in [0.4, 0.5) is 0 Å². The molecule has 4 nitrogen and oxygen atoms in total. The van der Waals surface area contributed by atoms with Gasteiger partial charge in [-0.1, -0.05) is 46.3 Å². The maximum atomic E-state index is 5.95. The first-order chi connectivity index (χ1) is 11.8. The summed E-state index contributed by atoms with van der Waals surface area (Å²) in [6.07, 6.45) is 3.04. The molecule has 5 heteroatoms. The number of hydrogen-bond acceptors (Lipinski definition) is 4. The average molecular weight is 391 g/mol. The standard InChI is InChI=1S/C19H23BrN2O2/c20-16-12-17(19-18(13-16)23-10-11-24-19)22-8-6-21(7-9-22)14-15-4-2-1-3-5-15/h1-5,13,17H,6-12,14H2. The van der Waals surface area contributed by atoms with Crippen molar-refractivity contribution in [2.75, 3.05) is 39.4 Å². The van der Waals surface area contributed by atoms with Crippen molar-refractivity contribution < 1.29 is 9.47 Å². The largest absolute Gasteiger partial charge is 0.489 e. The van der Waals surface area contributed by atoms with Crippen LogP contribution in [-0.4, -0.2) is 55.2 Å². The minimum absolute atomic E-state index is 0.304. The molecule has 1 aromatic carbocycles. The van der Waals surface area contributed by atoms with E-state index in [1.54, 1.807) is 0 Å². The summed E-state index contributed by atoms with van der Waals surface area (Å²) in [5, 5.41) is 0. The molecule has 0 bridgehead atoms. The molecule has 0 aromatic heterocycles. The maximum Gasteiger partial charge on any atom is 0.159 e. The van der Waals surface area contributed by atoms with Gasteiger partial charge in [0.2, 0.25) is 0 Å². The van der Waals surface area contributed by atoms with Gasteiger partial charge in [-0.2, -0.15) is 0 Å². The van der Waals surface area contributed by atoms with E-state index in [4.69, 9.17) is 9.47 Å². The molecule has 2 aliphatic heterocycles. The first-order valence-electron chi connectivity index (χ1n) is 8.66. The summed E-state index contributed by atoms with van der Waals surface area (Å²) < 4.78 is 12.9.